The van der Waals surface area contributed by atoms with Gasteiger partial charge in [-0.25, -0.2) is 9.97 Å². The molecule has 0 bridgehead atoms. The maximum atomic E-state index is 12.5. The quantitative estimate of drug-likeness (QED) is 0.839. The molecule has 0 N–H and O–H groups in total. The minimum Gasteiger partial charge on any atom is -0.336 e. The van der Waals surface area contributed by atoms with Crippen molar-refractivity contribution in [3.8, 4) is 0 Å². The van der Waals surface area contributed by atoms with Gasteiger partial charge in [0.25, 0.3) is 0 Å². The van der Waals surface area contributed by atoms with Crippen molar-refractivity contribution < 1.29 is 4.79 Å². The Hall–Kier alpha value is -1.31. The van der Waals surface area contributed by atoms with Crippen LogP contribution in [0.15, 0.2) is 10.8 Å². The Morgan fingerprint density at radius 3 is 2.38 bits per heavy atom. The molecule has 24 heavy (non-hydrogen) atoms. The molecule has 1 amide bonds. The standard InChI is InChI=1S/C17H22N4OS2/c1-12-18-14(8-23-12)6-20-4-3-17(10-20)5-16(22)21(11-17)7-15-9-24-13(2)19-15/h8-9H,3-7,10-11H2,1-2H3/t17-/m0/s1. The highest BCUT2D eigenvalue weighted by molar-refractivity contribution is 7.09. The highest BCUT2D eigenvalue weighted by Gasteiger charge is 2.47. The maximum Gasteiger partial charge on any atom is 0.223 e. The zero-order valence-electron chi connectivity index (χ0n) is 14.1. The molecule has 2 aromatic heterocycles. The second kappa shape index (κ2) is 6.20. The molecule has 2 aliphatic heterocycles. The van der Waals surface area contributed by atoms with E-state index in [0.717, 1.165) is 54.0 Å². The van der Waals surface area contributed by atoms with Gasteiger partial charge < -0.3 is 4.90 Å². The number of hydrogen-bond acceptors (Lipinski definition) is 6. The summed E-state index contributed by atoms with van der Waals surface area (Å²) < 4.78 is 0. The number of aryl methyl sites for hydroxylation is 2. The third kappa shape index (κ3) is 3.25. The summed E-state index contributed by atoms with van der Waals surface area (Å²) in [5.74, 6) is 0.284. The minimum atomic E-state index is 0.132. The van der Waals surface area contributed by atoms with E-state index in [0.29, 0.717) is 13.0 Å². The molecule has 0 aliphatic carbocycles. The molecule has 2 fully saturated rings. The van der Waals surface area contributed by atoms with Crippen LogP contribution in [0.4, 0.5) is 0 Å². The van der Waals surface area contributed by atoms with E-state index >= 15 is 0 Å². The lowest BCUT2D eigenvalue weighted by atomic mass is 9.86. The van der Waals surface area contributed by atoms with Gasteiger partial charge in [-0.15, -0.1) is 22.7 Å². The molecule has 0 unspecified atom stereocenters. The zero-order valence-corrected chi connectivity index (χ0v) is 15.8. The molecule has 0 aromatic carbocycles. The fraction of sp³-hybridized carbons (Fsp3) is 0.588. The van der Waals surface area contributed by atoms with Crippen molar-refractivity contribution in [1.29, 1.82) is 0 Å². The summed E-state index contributed by atoms with van der Waals surface area (Å²) in [5.41, 5.74) is 2.32. The van der Waals surface area contributed by atoms with Gasteiger partial charge in [0.05, 0.1) is 27.9 Å². The van der Waals surface area contributed by atoms with Crippen LogP contribution in [-0.2, 0) is 17.9 Å². The Morgan fingerprint density at radius 2 is 1.75 bits per heavy atom. The molecule has 0 radical (unpaired) electrons. The lowest BCUT2D eigenvalue weighted by Gasteiger charge is -2.23. The number of nitrogens with zero attached hydrogens (tertiary/aromatic N) is 4. The number of carbonyl (C=O) groups is 1. The van der Waals surface area contributed by atoms with Crippen molar-refractivity contribution in [3.05, 3.63) is 32.2 Å². The minimum absolute atomic E-state index is 0.132. The predicted octanol–water partition coefficient (Wildman–Crippen LogP) is 2.84. The first-order valence-electron chi connectivity index (χ1n) is 8.34. The van der Waals surface area contributed by atoms with Crippen LogP contribution in [0.3, 0.4) is 0 Å². The van der Waals surface area contributed by atoms with E-state index < -0.39 is 0 Å². The molecule has 2 aromatic rings. The highest BCUT2D eigenvalue weighted by Crippen LogP contribution is 2.41. The molecule has 2 saturated heterocycles. The Balaban J connectivity index is 1.39. The van der Waals surface area contributed by atoms with Crippen molar-refractivity contribution >= 4 is 28.6 Å². The van der Waals surface area contributed by atoms with Gasteiger partial charge in [-0.1, -0.05) is 0 Å². The number of aromatic nitrogens is 2. The molecule has 4 rings (SSSR count). The van der Waals surface area contributed by atoms with E-state index in [9.17, 15) is 4.79 Å². The van der Waals surface area contributed by atoms with Crippen molar-refractivity contribution in [2.24, 2.45) is 5.41 Å². The largest absolute Gasteiger partial charge is 0.336 e. The van der Waals surface area contributed by atoms with Crippen molar-refractivity contribution in [1.82, 2.24) is 19.8 Å². The highest BCUT2D eigenvalue weighted by atomic mass is 32.1. The van der Waals surface area contributed by atoms with Crippen LogP contribution in [0.5, 0.6) is 0 Å². The average Bonchev–Trinajstić information content (AvgIpc) is 3.26. The van der Waals surface area contributed by atoms with E-state index in [-0.39, 0.29) is 11.3 Å². The molecule has 4 heterocycles. The van der Waals surface area contributed by atoms with Crippen molar-refractivity contribution in [3.63, 3.8) is 0 Å². The smallest absolute Gasteiger partial charge is 0.223 e. The second-order valence-electron chi connectivity index (χ2n) is 7.10. The number of hydrogen-bond donors (Lipinski definition) is 0. The van der Waals surface area contributed by atoms with Gasteiger partial charge in [0.1, 0.15) is 0 Å². The van der Waals surface area contributed by atoms with Crippen molar-refractivity contribution in [2.75, 3.05) is 19.6 Å². The van der Waals surface area contributed by atoms with Crippen LogP contribution in [0.2, 0.25) is 0 Å². The van der Waals surface area contributed by atoms with Crippen LogP contribution < -0.4 is 0 Å². The lowest BCUT2D eigenvalue weighted by molar-refractivity contribution is -0.128. The molecule has 0 saturated carbocycles. The van der Waals surface area contributed by atoms with Crippen LogP contribution in [0, 0.1) is 19.3 Å². The number of rotatable bonds is 4. The SMILES string of the molecule is Cc1nc(CN2CC[C@]3(CC(=O)N(Cc4csc(C)n4)C3)C2)cs1. The van der Waals surface area contributed by atoms with Crippen LogP contribution >= 0.6 is 22.7 Å². The molecule has 1 spiro atoms. The van der Waals surface area contributed by atoms with E-state index in [1.165, 1.54) is 0 Å². The summed E-state index contributed by atoms with van der Waals surface area (Å²) in [6.45, 7) is 8.57. The first-order chi connectivity index (χ1) is 11.5. The summed E-state index contributed by atoms with van der Waals surface area (Å²) in [4.78, 5) is 26.0. The third-order valence-electron chi connectivity index (χ3n) is 4.99. The van der Waals surface area contributed by atoms with Gasteiger partial charge in [0.2, 0.25) is 5.91 Å². The Kier molecular flexibility index (Phi) is 4.18. The van der Waals surface area contributed by atoms with Gasteiger partial charge in [0.15, 0.2) is 0 Å². The fourth-order valence-corrected chi connectivity index (χ4v) is 5.16. The van der Waals surface area contributed by atoms with E-state index in [4.69, 9.17) is 0 Å². The van der Waals surface area contributed by atoms with Gasteiger partial charge in [-0.3, -0.25) is 9.69 Å². The summed E-state index contributed by atoms with van der Waals surface area (Å²) in [6.07, 6.45) is 1.79. The topological polar surface area (TPSA) is 49.3 Å². The van der Waals surface area contributed by atoms with Crippen LogP contribution in [-0.4, -0.2) is 45.3 Å². The fourth-order valence-electron chi connectivity index (χ4n) is 3.95. The molecular weight excluding hydrogens is 340 g/mol. The molecule has 7 heteroatoms. The Labute approximate surface area is 150 Å². The normalized spacial score (nSPS) is 24.6. The molecule has 128 valence electrons. The maximum absolute atomic E-state index is 12.5. The lowest BCUT2D eigenvalue weighted by Crippen LogP contribution is -2.31. The number of carbonyl (C=O) groups excluding carboxylic acids is 1. The van der Waals surface area contributed by atoms with Crippen molar-refractivity contribution in [2.45, 2.75) is 39.8 Å². The van der Waals surface area contributed by atoms with Gasteiger partial charge in [0, 0.05) is 42.2 Å². The van der Waals surface area contributed by atoms with E-state index in [1.54, 1.807) is 22.7 Å². The third-order valence-corrected chi connectivity index (χ3v) is 6.64. The molecular formula is C17H22N4OS2. The summed E-state index contributed by atoms with van der Waals surface area (Å²) in [5, 5.41) is 6.41. The summed E-state index contributed by atoms with van der Waals surface area (Å²) >= 11 is 3.36. The van der Waals surface area contributed by atoms with Crippen LogP contribution in [0.25, 0.3) is 0 Å². The van der Waals surface area contributed by atoms with Crippen LogP contribution in [0.1, 0.15) is 34.2 Å². The predicted molar refractivity (Wildman–Crippen MR) is 96.1 cm³/mol. The van der Waals surface area contributed by atoms with E-state index in [2.05, 4.69) is 25.6 Å². The average molecular weight is 363 g/mol. The molecule has 2 aliphatic rings. The molecule has 1 atom stereocenters. The monoisotopic (exact) mass is 362 g/mol. The number of likely N-dealkylation sites (tertiary alicyclic amines) is 2. The summed E-state index contributed by atoms with van der Waals surface area (Å²) in [7, 11) is 0. The number of amides is 1. The zero-order chi connectivity index (χ0) is 16.7. The van der Waals surface area contributed by atoms with Gasteiger partial charge in [-0.2, -0.15) is 0 Å². The Morgan fingerprint density at radius 1 is 1.08 bits per heavy atom. The van der Waals surface area contributed by atoms with Gasteiger partial charge >= 0.3 is 0 Å². The first-order valence-corrected chi connectivity index (χ1v) is 10.1. The molecule has 5 nitrogen and oxygen atoms in total. The Bertz CT molecular complexity index is 755. The van der Waals surface area contributed by atoms with Gasteiger partial charge in [-0.05, 0) is 26.8 Å². The summed E-state index contributed by atoms with van der Waals surface area (Å²) in [6, 6.07) is 0. The van der Waals surface area contributed by atoms with E-state index in [1.807, 2.05) is 18.7 Å². The second-order valence-corrected chi connectivity index (χ2v) is 9.23. The number of thiazole rings is 2. The first kappa shape index (κ1) is 16.2.